The molecule has 1 saturated carbocycles. The number of esters is 1. The molecule has 5 nitrogen and oxygen atoms in total. The van der Waals surface area contributed by atoms with Gasteiger partial charge in [-0.05, 0) is 37.3 Å². The molecular formula is C21H22N2O3. The largest absolute Gasteiger partial charge is 0.461 e. The van der Waals surface area contributed by atoms with Gasteiger partial charge in [-0.15, -0.1) is 0 Å². The highest BCUT2D eigenvalue weighted by atomic mass is 16.5. The van der Waals surface area contributed by atoms with Crippen LogP contribution in [0.3, 0.4) is 0 Å². The van der Waals surface area contributed by atoms with Gasteiger partial charge in [-0.3, -0.25) is 14.7 Å². The summed E-state index contributed by atoms with van der Waals surface area (Å²) in [5.74, 6) is 0.299. The van der Waals surface area contributed by atoms with E-state index in [9.17, 15) is 9.59 Å². The Labute approximate surface area is 152 Å². The normalized spacial score (nSPS) is 48.8. The van der Waals surface area contributed by atoms with Crippen molar-refractivity contribution < 1.29 is 14.3 Å². The number of carbonyl (C=O) groups is 2. The summed E-state index contributed by atoms with van der Waals surface area (Å²) in [6, 6.07) is 9.21. The van der Waals surface area contributed by atoms with E-state index in [1.165, 1.54) is 18.2 Å². The summed E-state index contributed by atoms with van der Waals surface area (Å²) < 4.78 is 6.04. The van der Waals surface area contributed by atoms with E-state index in [-0.39, 0.29) is 47.3 Å². The fourth-order valence-electron chi connectivity index (χ4n) is 7.28. The number of piperidine rings is 4. The third kappa shape index (κ3) is 1.44. The van der Waals surface area contributed by atoms with E-state index >= 15 is 0 Å². The second-order valence-corrected chi connectivity index (χ2v) is 8.68. The van der Waals surface area contributed by atoms with Crippen LogP contribution in [0.1, 0.15) is 32.3 Å². The Kier molecular flexibility index (Phi) is 2.69. The first-order valence-corrected chi connectivity index (χ1v) is 9.66. The fraction of sp³-hybridized carbons (Fsp3) is 0.571. The molecule has 5 heterocycles. The molecule has 0 aromatic heterocycles. The van der Waals surface area contributed by atoms with Gasteiger partial charge in [0, 0.05) is 30.8 Å². The van der Waals surface area contributed by atoms with E-state index in [4.69, 9.17) is 9.73 Å². The minimum Gasteiger partial charge on any atom is -0.461 e. The van der Waals surface area contributed by atoms with Crippen molar-refractivity contribution in [2.75, 3.05) is 0 Å². The molecule has 1 aromatic carbocycles. The third-order valence-electron chi connectivity index (χ3n) is 7.91. The molecule has 0 N–H and O–H groups in total. The number of aliphatic imine (C=N–C) groups is 1. The highest BCUT2D eigenvalue weighted by molar-refractivity contribution is 6.08. The van der Waals surface area contributed by atoms with Crippen molar-refractivity contribution in [1.82, 2.24) is 4.90 Å². The molecule has 4 saturated heterocycles. The first-order chi connectivity index (χ1) is 12.6. The van der Waals surface area contributed by atoms with Crippen LogP contribution in [-0.4, -0.2) is 47.1 Å². The zero-order valence-corrected chi connectivity index (χ0v) is 15.0. The molecule has 6 aliphatic rings. The highest BCUT2D eigenvalue weighted by Crippen LogP contribution is 2.67. The molecule has 0 radical (unpaired) electrons. The van der Waals surface area contributed by atoms with Crippen molar-refractivity contribution in [2.24, 2.45) is 22.7 Å². The first-order valence-electron chi connectivity index (χ1n) is 9.66. The second-order valence-electron chi connectivity index (χ2n) is 8.68. The number of hydrogen-bond donors (Lipinski definition) is 0. The number of carbonyl (C=O) groups excluding carboxylic acids is 2. The Bertz CT molecular complexity index is 880. The minimum absolute atomic E-state index is 0.0235. The molecule has 4 unspecified atom stereocenters. The number of aldehydes is 1. The molecule has 134 valence electrons. The fourth-order valence-corrected chi connectivity index (χ4v) is 7.28. The van der Waals surface area contributed by atoms with Gasteiger partial charge in [-0.25, -0.2) is 0 Å². The predicted octanol–water partition coefficient (Wildman–Crippen LogP) is 2.25. The summed E-state index contributed by atoms with van der Waals surface area (Å²) in [6.07, 6.45) is 2.85. The molecule has 1 aromatic rings. The van der Waals surface area contributed by atoms with Gasteiger partial charge in [-0.1, -0.05) is 18.2 Å². The van der Waals surface area contributed by atoms with Gasteiger partial charge in [0.1, 0.15) is 12.4 Å². The van der Waals surface area contributed by atoms with Crippen molar-refractivity contribution in [1.29, 1.82) is 0 Å². The van der Waals surface area contributed by atoms with Crippen LogP contribution in [0.4, 0.5) is 5.69 Å². The van der Waals surface area contributed by atoms with E-state index in [0.717, 1.165) is 24.8 Å². The van der Waals surface area contributed by atoms with Crippen LogP contribution in [0.25, 0.3) is 0 Å². The van der Waals surface area contributed by atoms with Crippen molar-refractivity contribution in [3.63, 3.8) is 0 Å². The lowest BCUT2D eigenvalue weighted by Gasteiger charge is -2.60. The van der Waals surface area contributed by atoms with Crippen LogP contribution >= 0.6 is 0 Å². The molecular weight excluding hydrogens is 328 g/mol. The summed E-state index contributed by atoms with van der Waals surface area (Å²) in [6.45, 7) is 3.69. The van der Waals surface area contributed by atoms with Crippen LogP contribution in [-0.2, 0) is 19.7 Å². The summed E-state index contributed by atoms with van der Waals surface area (Å²) in [4.78, 5) is 31.5. The molecule has 5 heteroatoms. The van der Waals surface area contributed by atoms with E-state index in [1.807, 2.05) is 6.07 Å². The van der Waals surface area contributed by atoms with E-state index in [2.05, 4.69) is 30.0 Å². The number of nitrogens with zero attached hydrogens (tertiary/aromatic N) is 2. The van der Waals surface area contributed by atoms with Crippen LogP contribution in [0.15, 0.2) is 29.3 Å². The van der Waals surface area contributed by atoms with E-state index < -0.39 is 0 Å². The van der Waals surface area contributed by atoms with Gasteiger partial charge >= 0.3 is 5.97 Å². The molecule has 7 rings (SSSR count). The number of rotatable bonds is 2. The standard InChI is InChI=1S/C21H22N2O3/c1-10-13(9-24)12-7-16-19-21(14-5-3-4-6-15(14)22-19)8-17(23(10)16)18(12)20(21)26-11(2)25/h3-6,9-10,12-13,16-18,20H,7-8H2,1-2H3/t10-,12?,13-,16-,17-,18?,20?,21+/m0/s1. The number of ether oxygens (including phenoxy) is 1. The van der Waals surface area contributed by atoms with Crippen LogP contribution in [0, 0.1) is 17.8 Å². The molecule has 9 atom stereocenters. The number of fused-ring (bicyclic) bond motifs is 2. The summed E-state index contributed by atoms with van der Waals surface area (Å²) in [7, 11) is 0. The van der Waals surface area contributed by atoms with Gasteiger partial charge in [0.2, 0.25) is 0 Å². The zero-order chi connectivity index (χ0) is 17.8. The molecule has 5 bridgehead atoms. The molecule has 5 fully saturated rings. The monoisotopic (exact) mass is 350 g/mol. The maximum atomic E-state index is 12.0. The Morgan fingerprint density at radius 2 is 2.19 bits per heavy atom. The quantitative estimate of drug-likeness (QED) is 0.606. The van der Waals surface area contributed by atoms with Crippen LogP contribution < -0.4 is 0 Å². The van der Waals surface area contributed by atoms with E-state index in [0.29, 0.717) is 6.04 Å². The Hall–Kier alpha value is -2.01. The van der Waals surface area contributed by atoms with Crippen molar-refractivity contribution in [2.45, 2.75) is 56.3 Å². The Balaban J connectivity index is 1.61. The Morgan fingerprint density at radius 3 is 2.96 bits per heavy atom. The summed E-state index contributed by atoms with van der Waals surface area (Å²) in [5, 5.41) is 0. The molecule has 1 aliphatic carbocycles. The maximum Gasteiger partial charge on any atom is 0.302 e. The lowest BCUT2D eigenvalue weighted by Crippen LogP contribution is -2.69. The van der Waals surface area contributed by atoms with Gasteiger partial charge in [0.15, 0.2) is 0 Å². The number of para-hydroxylation sites is 1. The second kappa shape index (κ2) is 4.63. The number of hydrogen-bond acceptors (Lipinski definition) is 5. The molecule has 1 spiro atoms. The topological polar surface area (TPSA) is 59.0 Å². The lowest BCUT2D eigenvalue weighted by atomic mass is 9.62. The third-order valence-corrected chi connectivity index (χ3v) is 7.91. The molecule has 26 heavy (non-hydrogen) atoms. The minimum atomic E-state index is -0.287. The van der Waals surface area contributed by atoms with E-state index in [1.54, 1.807) is 0 Å². The smallest absolute Gasteiger partial charge is 0.302 e. The molecule has 5 aliphatic heterocycles. The Morgan fingerprint density at radius 1 is 1.38 bits per heavy atom. The van der Waals surface area contributed by atoms with Gasteiger partial charge in [-0.2, -0.15) is 0 Å². The lowest BCUT2D eigenvalue weighted by molar-refractivity contribution is -0.159. The van der Waals surface area contributed by atoms with Gasteiger partial charge in [0.05, 0.1) is 22.9 Å². The van der Waals surface area contributed by atoms with Crippen LogP contribution in [0.2, 0.25) is 0 Å². The average molecular weight is 350 g/mol. The summed E-state index contributed by atoms with van der Waals surface area (Å²) >= 11 is 0. The van der Waals surface area contributed by atoms with Gasteiger partial charge in [0.25, 0.3) is 0 Å². The average Bonchev–Trinajstić information content (AvgIpc) is 3.08. The summed E-state index contributed by atoms with van der Waals surface area (Å²) in [5.41, 5.74) is 3.15. The first kappa shape index (κ1) is 15.1. The highest BCUT2D eigenvalue weighted by Gasteiger charge is 2.75. The SMILES string of the molecule is CC(=O)OC1C2C3C[C@H]4C5=Nc6ccccc6[C@]51C[C@@H]2N4[C@@H](C)[C@@H]3C=O. The van der Waals surface area contributed by atoms with Crippen LogP contribution in [0.5, 0.6) is 0 Å². The van der Waals surface area contributed by atoms with Crippen molar-refractivity contribution in [3.05, 3.63) is 29.8 Å². The predicted molar refractivity (Wildman–Crippen MR) is 95.4 cm³/mol. The van der Waals surface area contributed by atoms with Crippen molar-refractivity contribution >= 4 is 23.7 Å². The number of benzene rings is 1. The molecule has 0 amide bonds. The van der Waals surface area contributed by atoms with Gasteiger partial charge < -0.3 is 9.53 Å². The zero-order valence-electron chi connectivity index (χ0n) is 15.0. The van der Waals surface area contributed by atoms with Crippen molar-refractivity contribution in [3.8, 4) is 0 Å². The maximum absolute atomic E-state index is 12.0.